The Kier molecular flexibility index (Phi) is 7.67. The van der Waals surface area contributed by atoms with Crippen LogP contribution in [0.3, 0.4) is 0 Å². The Balaban J connectivity index is 3.14. The first-order valence-corrected chi connectivity index (χ1v) is 5.91. The molecule has 1 nitrogen and oxygen atoms in total. The van der Waals surface area contributed by atoms with Gasteiger partial charge >= 0.3 is 0 Å². The predicted octanol–water partition coefficient (Wildman–Crippen LogP) is 3.13. The van der Waals surface area contributed by atoms with Gasteiger partial charge in [-0.25, -0.2) is 0 Å². The second kappa shape index (κ2) is 7.66. The summed E-state index contributed by atoms with van der Waals surface area (Å²) in [6, 6.07) is 0. The SMILES string of the molecule is CCCC(=O)CSCCC(C)C. The van der Waals surface area contributed by atoms with Crippen molar-refractivity contribution >= 4 is 17.5 Å². The summed E-state index contributed by atoms with van der Waals surface area (Å²) in [5.41, 5.74) is 0. The van der Waals surface area contributed by atoms with E-state index in [4.69, 9.17) is 0 Å². The van der Waals surface area contributed by atoms with E-state index in [9.17, 15) is 4.79 Å². The molecule has 0 heterocycles. The molecule has 0 aromatic rings. The molecule has 0 atom stereocenters. The molecule has 0 amide bonds. The van der Waals surface area contributed by atoms with Crippen LogP contribution in [-0.2, 0) is 4.79 Å². The Hall–Kier alpha value is 0.0200. The van der Waals surface area contributed by atoms with Gasteiger partial charge < -0.3 is 0 Å². The third-order valence-corrected chi connectivity index (χ3v) is 2.68. The van der Waals surface area contributed by atoms with Crippen molar-refractivity contribution in [3.63, 3.8) is 0 Å². The van der Waals surface area contributed by atoms with Gasteiger partial charge in [-0.3, -0.25) is 4.79 Å². The zero-order valence-electron chi connectivity index (χ0n) is 8.43. The number of ketones is 1. The molecule has 0 saturated heterocycles. The standard InChI is InChI=1S/C10H20OS/c1-4-5-10(11)8-12-7-6-9(2)3/h9H,4-8H2,1-3H3. The molecule has 0 spiro atoms. The summed E-state index contributed by atoms with van der Waals surface area (Å²) in [4.78, 5) is 11.1. The maximum absolute atomic E-state index is 11.1. The molecule has 0 saturated carbocycles. The highest BCUT2D eigenvalue weighted by Gasteiger charge is 2.00. The highest BCUT2D eigenvalue weighted by molar-refractivity contribution is 7.99. The number of carbonyl (C=O) groups excluding carboxylic acids is 1. The van der Waals surface area contributed by atoms with Crippen LogP contribution < -0.4 is 0 Å². The van der Waals surface area contributed by atoms with E-state index in [0.29, 0.717) is 5.78 Å². The summed E-state index contributed by atoms with van der Waals surface area (Å²) >= 11 is 1.78. The molecule has 0 N–H and O–H groups in total. The molecule has 0 bridgehead atoms. The maximum Gasteiger partial charge on any atom is 0.142 e. The number of thioether (sulfide) groups is 1. The van der Waals surface area contributed by atoms with Gasteiger partial charge in [-0.2, -0.15) is 11.8 Å². The first-order valence-electron chi connectivity index (χ1n) is 4.76. The summed E-state index contributed by atoms with van der Waals surface area (Å²) < 4.78 is 0. The quantitative estimate of drug-likeness (QED) is 0.571. The van der Waals surface area contributed by atoms with E-state index >= 15 is 0 Å². The van der Waals surface area contributed by atoms with Crippen molar-refractivity contribution in [2.24, 2.45) is 5.92 Å². The van der Waals surface area contributed by atoms with Gasteiger partial charge in [0, 0.05) is 6.42 Å². The van der Waals surface area contributed by atoms with Crippen molar-refractivity contribution in [1.29, 1.82) is 0 Å². The largest absolute Gasteiger partial charge is 0.299 e. The van der Waals surface area contributed by atoms with Crippen molar-refractivity contribution in [3.8, 4) is 0 Å². The van der Waals surface area contributed by atoms with E-state index in [0.717, 1.165) is 30.3 Å². The fraction of sp³-hybridized carbons (Fsp3) is 0.900. The Labute approximate surface area is 80.3 Å². The zero-order chi connectivity index (χ0) is 9.40. The molecule has 0 aromatic carbocycles. The first-order chi connectivity index (χ1) is 5.66. The number of carbonyl (C=O) groups is 1. The topological polar surface area (TPSA) is 17.1 Å². The monoisotopic (exact) mass is 188 g/mol. The first kappa shape index (κ1) is 12.0. The molecule has 0 radical (unpaired) electrons. The van der Waals surface area contributed by atoms with Crippen LogP contribution in [0, 0.1) is 5.92 Å². The molecule has 0 aliphatic heterocycles. The van der Waals surface area contributed by atoms with Gasteiger partial charge in [0.25, 0.3) is 0 Å². The number of Topliss-reactive ketones (excluding diaryl/α,β-unsaturated/α-hetero) is 1. The summed E-state index contributed by atoms with van der Waals surface area (Å²) in [5, 5.41) is 0. The summed E-state index contributed by atoms with van der Waals surface area (Å²) in [6.07, 6.45) is 2.97. The maximum atomic E-state index is 11.1. The minimum atomic E-state index is 0.409. The van der Waals surface area contributed by atoms with Crippen LogP contribution in [0.15, 0.2) is 0 Å². The second-order valence-corrected chi connectivity index (χ2v) is 4.63. The number of hydrogen-bond donors (Lipinski definition) is 0. The van der Waals surface area contributed by atoms with E-state index in [1.54, 1.807) is 11.8 Å². The smallest absolute Gasteiger partial charge is 0.142 e. The van der Waals surface area contributed by atoms with Crippen molar-refractivity contribution < 1.29 is 4.79 Å². The lowest BCUT2D eigenvalue weighted by molar-refractivity contribution is -0.116. The number of rotatable bonds is 7. The van der Waals surface area contributed by atoms with E-state index in [-0.39, 0.29) is 0 Å². The van der Waals surface area contributed by atoms with Crippen LogP contribution in [0.5, 0.6) is 0 Å². The van der Waals surface area contributed by atoms with E-state index < -0.39 is 0 Å². The normalized spacial score (nSPS) is 10.7. The van der Waals surface area contributed by atoms with Crippen molar-refractivity contribution in [2.45, 2.75) is 40.0 Å². The molecule has 2 heteroatoms. The third-order valence-electron chi connectivity index (χ3n) is 1.63. The van der Waals surface area contributed by atoms with Gasteiger partial charge in [-0.15, -0.1) is 0 Å². The average molecular weight is 188 g/mol. The van der Waals surface area contributed by atoms with E-state index in [1.807, 2.05) is 0 Å². The zero-order valence-corrected chi connectivity index (χ0v) is 9.25. The average Bonchev–Trinajstić information content (AvgIpc) is 1.98. The molecular weight excluding hydrogens is 168 g/mol. The third kappa shape index (κ3) is 8.12. The molecule has 0 rings (SSSR count). The summed E-state index contributed by atoms with van der Waals surface area (Å²) in [7, 11) is 0. The highest BCUT2D eigenvalue weighted by atomic mass is 32.2. The predicted molar refractivity (Wildman–Crippen MR) is 56.7 cm³/mol. The Morgan fingerprint density at radius 3 is 2.58 bits per heavy atom. The van der Waals surface area contributed by atoms with Gasteiger partial charge in [-0.1, -0.05) is 20.8 Å². The molecule has 0 fully saturated rings. The van der Waals surface area contributed by atoms with Gasteiger partial charge in [0.15, 0.2) is 0 Å². The van der Waals surface area contributed by atoms with Crippen molar-refractivity contribution in [3.05, 3.63) is 0 Å². The van der Waals surface area contributed by atoms with Crippen LogP contribution in [0.25, 0.3) is 0 Å². The van der Waals surface area contributed by atoms with Crippen LogP contribution in [0.1, 0.15) is 40.0 Å². The van der Waals surface area contributed by atoms with Crippen LogP contribution >= 0.6 is 11.8 Å². The molecule has 0 aromatic heterocycles. The molecular formula is C10H20OS. The molecule has 0 unspecified atom stereocenters. The minimum absolute atomic E-state index is 0.409. The van der Waals surface area contributed by atoms with Gasteiger partial charge in [0.1, 0.15) is 5.78 Å². The van der Waals surface area contributed by atoms with Crippen molar-refractivity contribution in [1.82, 2.24) is 0 Å². The summed E-state index contributed by atoms with van der Waals surface area (Å²) in [5.74, 6) is 3.03. The van der Waals surface area contributed by atoms with Crippen LogP contribution in [-0.4, -0.2) is 17.3 Å². The Morgan fingerprint density at radius 2 is 2.08 bits per heavy atom. The van der Waals surface area contributed by atoms with Gasteiger partial charge in [-0.05, 0) is 24.5 Å². The molecule has 0 aliphatic carbocycles. The van der Waals surface area contributed by atoms with Crippen LogP contribution in [0.2, 0.25) is 0 Å². The fourth-order valence-corrected chi connectivity index (χ4v) is 2.01. The van der Waals surface area contributed by atoms with E-state index in [2.05, 4.69) is 20.8 Å². The fourth-order valence-electron chi connectivity index (χ4n) is 0.856. The molecule has 12 heavy (non-hydrogen) atoms. The van der Waals surface area contributed by atoms with Crippen LogP contribution in [0.4, 0.5) is 0 Å². The molecule has 0 aliphatic rings. The minimum Gasteiger partial charge on any atom is -0.299 e. The Morgan fingerprint density at radius 1 is 1.42 bits per heavy atom. The van der Waals surface area contributed by atoms with Gasteiger partial charge in [0.2, 0.25) is 0 Å². The van der Waals surface area contributed by atoms with Gasteiger partial charge in [0.05, 0.1) is 5.75 Å². The van der Waals surface area contributed by atoms with E-state index in [1.165, 1.54) is 6.42 Å². The second-order valence-electron chi connectivity index (χ2n) is 3.52. The summed E-state index contributed by atoms with van der Waals surface area (Å²) in [6.45, 7) is 6.49. The Bertz CT molecular complexity index is 121. The number of hydrogen-bond acceptors (Lipinski definition) is 2. The lowest BCUT2D eigenvalue weighted by Gasteiger charge is -2.03. The lowest BCUT2D eigenvalue weighted by atomic mass is 10.2. The molecule has 72 valence electrons. The highest BCUT2D eigenvalue weighted by Crippen LogP contribution is 2.09. The lowest BCUT2D eigenvalue weighted by Crippen LogP contribution is -2.01. The van der Waals surface area contributed by atoms with Crippen molar-refractivity contribution in [2.75, 3.05) is 11.5 Å².